The van der Waals surface area contributed by atoms with Crippen molar-refractivity contribution >= 4 is 0 Å². The number of phenolic OH excluding ortho intramolecular Hbond substituents is 1. The minimum Gasteiger partial charge on any atom is -0.508 e. The molecule has 0 bridgehead atoms. The van der Waals surface area contributed by atoms with Crippen molar-refractivity contribution in [3.05, 3.63) is 42.5 Å². The Balaban J connectivity index is 2.53. The largest absolute Gasteiger partial charge is 0.508 e. The van der Waals surface area contributed by atoms with Gasteiger partial charge in [-0.05, 0) is 43.7 Å². The molecule has 0 aliphatic heterocycles. The second-order valence-electron chi connectivity index (χ2n) is 4.04. The molecule has 0 heterocycles. The van der Waals surface area contributed by atoms with E-state index in [-0.39, 0.29) is 5.75 Å². The van der Waals surface area contributed by atoms with Gasteiger partial charge in [-0.3, -0.25) is 0 Å². The van der Waals surface area contributed by atoms with Gasteiger partial charge in [0, 0.05) is 0 Å². The summed E-state index contributed by atoms with van der Waals surface area (Å²) in [7, 11) is 0. The third-order valence-corrected chi connectivity index (χ3v) is 2.74. The molecule has 0 spiro atoms. The van der Waals surface area contributed by atoms with Crippen LogP contribution >= 0.6 is 0 Å². The molecular formula is C16H18O3. The molecule has 0 radical (unpaired) electrons. The normalized spacial score (nSPS) is 10.2. The minimum atomic E-state index is 0.246. The highest BCUT2D eigenvalue weighted by Crippen LogP contribution is 2.38. The van der Waals surface area contributed by atoms with Gasteiger partial charge < -0.3 is 14.6 Å². The van der Waals surface area contributed by atoms with Crippen LogP contribution in [-0.4, -0.2) is 18.3 Å². The molecular weight excluding hydrogens is 240 g/mol. The van der Waals surface area contributed by atoms with Gasteiger partial charge in [-0.15, -0.1) is 0 Å². The molecule has 2 aromatic rings. The summed E-state index contributed by atoms with van der Waals surface area (Å²) < 4.78 is 11.3. The first-order valence-electron chi connectivity index (χ1n) is 6.44. The first-order valence-corrected chi connectivity index (χ1v) is 6.44. The van der Waals surface area contributed by atoms with Gasteiger partial charge in [0.05, 0.1) is 18.8 Å². The standard InChI is InChI=1S/C16H18O3/c1-3-18-14-6-5-7-15(19-4-2)16(14)12-8-10-13(17)11-9-12/h5-11,17H,3-4H2,1-2H3. The molecule has 19 heavy (non-hydrogen) atoms. The number of benzene rings is 2. The fourth-order valence-corrected chi connectivity index (χ4v) is 1.98. The van der Waals surface area contributed by atoms with Crippen molar-refractivity contribution in [3.63, 3.8) is 0 Å². The molecule has 0 saturated heterocycles. The van der Waals surface area contributed by atoms with Gasteiger partial charge in [0.2, 0.25) is 0 Å². The fraction of sp³-hybridized carbons (Fsp3) is 0.250. The first-order chi connectivity index (χ1) is 9.26. The lowest BCUT2D eigenvalue weighted by molar-refractivity contribution is 0.326. The Morgan fingerprint density at radius 2 is 1.37 bits per heavy atom. The molecule has 3 heteroatoms. The number of rotatable bonds is 5. The summed E-state index contributed by atoms with van der Waals surface area (Å²) in [6.45, 7) is 5.10. The topological polar surface area (TPSA) is 38.7 Å². The molecule has 2 aromatic carbocycles. The maximum Gasteiger partial charge on any atom is 0.130 e. The summed E-state index contributed by atoms with van der Waals surface area (Å²) in [5.74, 6) is 1.83. The Morgan fingerprint density at radius 3 is 1.84 bits per heavy atom. The second-order valence-corrected chi connectivity index (χ2v) is 4.04. The average Bonchev–Trinajstić information content (AvgIpc) is 2.41. The minimum absolute atomic E-state index is 0.246. The zero-order chi connectivity index (χ0) is 13.7. The number of hydrogen-bond acceptors (Lipinski definition) is 3. The number of ether oxygens (including phenoxy) is 2. The van der Waals surface area contributed by atoms with Crippen LogP contribution in [0, 0.1) is 0 Å². The lowest BCUT2D eigenvalue weighted by atomic mass is 10.0. The van der Waals surface area contributed by atoms with E-state index in [4.69, 9.17) is 9.47 Å². The highest BCUT2D eigenvalue weighted by Gasteiger charge is 2.12. The summed E-state index contributed by atoms with van der Waals surface area (Å²) in [6, 6.07) is 12.8. The maximum absolute atomic E-state index is 9.39. The van der Waals surface area contributed by atoms with E-state index in [1.54, 1.807) is 12.1 Å². The van der Waals surface area contributed by atoms with Crippen molar-refractivity contribution < 1.29 is 14.6 Å². The molecule has 0 amide bonds. The van der Waals surface area contributed by atoms with Crippen LogP contribution in [0.3, 0.4) is 0 Å². The molecule has 0 aliphatic carbocycles. The molecule has 0 atom stereocenters. The summed E-state index contributed by atoms with van der Waals surface area (Å²) >= 11 is 0. The van der Waals surface area contributed by atoms with Crippen LogP contribution in [0.1, 0.15) is 13.8 Å². The monoisotopic (exact) mass is 258 g/mol. The molecule has 2 rings (SSSR count). The van der Waals surface area contributed by atoms with E-state index >= 15 is 0 Å². The Morgan fingerprint density at radius 1 is 0.842 bits per heavy atom. The number of phenols is 1. The van der Waals surface area contributed by atoms with Crippen LogP contribution in [0.5, 0.6) is 17.2 Å². The van der Waals surface area contributed by atoms with Crippen LogP contribution < -0.4 is 9.47 Å². The van der Waals surface area contributed by atoms with E-state index in [9.17, 15) is 5.11 Å². The Labute approximate surface area is 113 Å². The van der Waals surface area contributed by atoms with Crippen LogP contribution in [0.2, 0.25) is 0 Å². The predicted octanol–water partition coefficient (Wildman–Crippen LogP) is 3.86. The van der Waals surface area contributed by atoms with E-state index in [0.29, 0.717) is 13.2 Å². The van der Waals surface area contributed by atoms with Gasteiger partial charge in [-0.25, -0.2) is 0 Å². The molecule has 0 fully saturated rings. The number of aromatic hydroxyl groups is 1. The van der Waals surface area contributed by atoms with Crippen LogP contribution in [0.25, 0.3) is 11.1 Å². The van der Waals surface area contributed by atoms with Gasteiger partial charge in [0.25, 0.3) is 0 Å². The van der Waals surface area contributed by atoms with Crippen molar-refractivity contribution in [2.75, 3.05) is 13.2 Å². The van der Waals surface area contributed by atoms with Crippen LogP contribution in [0.4, 0.5) is 0 Å². The molecule has 0 unspecified atom stereocenters. The number of hydrogen-bond donors (Lipinski definition) is 1. The van der Waals surface area contributed by atoms with Gasteiger partial charge in [0.15, 0.2) is 0 Å². The molecule has 3 nitrogen and oxygen atoms in total. The first kappa shape index (κ1) is 13.3. The Kier molecular flexibility index (Phi) is 4.29. The van der Waals surface area contributed by atoms with Gasteiger partial charge in [-0.1, -0.05) is 18.2 Å². The van der Waals surface area contributed by atoms with Gasteiger partial charge in [-0.2, -0.15) is 0 Å². The van der Waals surface area contributed by atoms with Crippen LogP contribution in [-0.2, 0) is 0 Å². The fourth-order valence-electron chi connectivity index (χ4n) is 1.98. The third kappa shape index (κ3) is 2.99. The molecule has 1 N–H and O–H groups in total. The molecule has 0 aliphatic rings. The molecule has 0 aromatic heterocycles. The van der Waals surface area contributed by atoms with E-state index in [2.05, 4.69) is 0 Å². The third-order valence-electron chi connectivity index (χ3n) is 2.74. The Bertz CT molecular complexity index is 508. The smallest absolute Gasteiger partial charge is 0.130 e. The average molecular weight is 258 g/mol. The summed E-state index contributed by atoms with van der Waals surface area (Å²) in [5.41, 5.74) is 1.89. The SMILES string of the molecule is CCOc1cccc(OCC)c1-c1ccc(O)cc1. The Hall–Kier alpha value is -2.16. The van der Waals surface area contributed by atoms with Gasteiger partial charge in [0.1, 0.15) is 17.2 Å². The summed E-state index contributed by atoms with van der Waals surface area (Å²) in [4.78, 5) is 0. The molecule has 100 valence electrons. The van der Waals surface area contributed by atoms with E-state index in [0.717, 1.165) is 22.6 Å². The maximum atomic E-state index is 9.39. The highest BCUT2D eigenvalue weighted by molar-refractivity contribution is 5.77. The van der Waals surface area contributed by atoms with E-state index < -0.39 is 0 Å². The molecule has 0 saturated carbocycles. The second kappa shape index (κ2) is 6.14. The lowest BCUT2D eigenvalue weighted by Crippen LogP contribution is -1.98. The quantitative estimate of drug-likeness (QED) is 0.885. The predicted molar refractivity (Wildman–Crippen MR) is 75.9 cm³/mol. The van der Waals surface area contributed by atoms with Crippen molar-refractivity contribution in [2.45, 2.75) is 13.8 Å². The van der Waals surface area contributed by atoms with E-state index in [1.165, 1.54) is 0 Å². The van der Waals surface area contributed by atoms with Crippen LogP contribution in [0.15, 0.2) is 42.5 Å². The zero-order valence-electron chi connectivity index (χ0n) is 11.2. The summed E-state index contributed by atoms with van der Waals surface area (Å²) in [5, 5.41) is 9.39. The van der Waals surface area contributed by atoms with E-state index in [1.807, 2.05) is 44.2 Å². The van der Waals surface area contributed by atoms with Gasteiger partial charge >= 0.3 is 0 Å². The van der Waals surface area contributed by atoms with Crippen molar-refractivity contribution in [1.82, 2.24) is 0 Å². The summed E-state index contributed by atoms with van der Waals surface area (Å²) in [6.07, 6.45) is 0. The highest BCUT2D eigenvalue weighted by atomic mass is 16.5. The van der Waals surface area contributed by atoms with Crippen molar-refractivity contribution in [2.24, 2.45) is 0 Å². The zero-order valence-corrected chi connectivity index (χ0v) is 11.2. The van der Waals surface area contributed by atoms with Crippen molar-refractivity contribution in [1.29, 1.82) is 0 Å². The lowest BCUT2D eigenvalue weighted by Gasteiger charge is -2.15. The van der Waals surface area contributed by atoms with Crippen molar-refractivity contribution in [3.8, 4) is 28.4 Å².